The van der Waals surface area contributed by atoms with Crippen LogP contribution in [-0.2, 0) is 0 Å². The van der Waals surface area contributed by atoms with Gasteiger partial charge in [-0.15, -0.1) is 0 Å². The molecule has 2 heteroatoms. The van der Waals surface area contributed by atoms with Crippen molar-refractivity contribution in [3.8, 4) is 23.7 Å². The number of rotatable bonds is 0. The van der Waals surface area contributed by atoms with Gasteiger partial charge in [0.05, 0.1) is 0 Å². The monoisotopic (exact) mass is 228 g/mol. The summed E-state index contributed by atoms with van der Waals surface area (Å²) in [5, 5.41) is 18.2. The summed E-state index contributed by atoms with van der Waals surface area (Å²) in [6, 6.07) is 5.64. The van der Waals surface area contributed by atoms with E-state index in [1.165, 1.54) is 0 Å². The Morgan fingerprint density at radius 1 is 0.941 bits per heavy atom. The number of aliphatic hydroxyl groups excluding tert-OH is 2. The molecule has 1 aromatic rings. The molecule has 0 aliphatic carbocycles. The summed E-state index contributed by atoms with van der Waals surface area (Å²) in [6.45, 7) is 5.18. The highest BCUT2D eigenvalue weighted by molar-refractivity contribution is 5.51. The van der Waals surface area contributed by atoms with Gasteiger partial charge in [-0.05, 0) is 38.5 Å². The highest BCUT2D eigenvalue weighted by Gasteiger charge is 1.99. The van der Waals surface area contributed by atoms with Crippen LogP contribution in [0.4, 0.5) is 0 Å². The number of aliphatic hydroxyl groups is 2. The summed E-state index contributed by atoms with van der Waals surface area (Å²) >= 11 is 0. The van der Waals surface area contributed by atoms with Crippen molar-refractivity contribution in [3.63, 3.8) is 0 Å². The molecular formula is C15H16O2. The minimum absolute atomic E-state index is 0.637. The van der Waals surface area contributed by atoms with E-state index < -0.39 is 12.2 Å². The van der Waals surface area contributed by atoms with Crippen LogP contribution in [0.25, 0.3) is 0 Å². The van der Waals surface area contributed by atoms with Gasteiger partial charge in [-0.3, -0.25) is 0 Å². The largest absolute Gasteiger partial charge is 0.381 e. The van der Waals surface area contributed by atoms with Gasteiger partial charge in [0, 0.05) is 11.1 Å². The third-order valence-electron chi connectivity index (χ3n) is 2.17. The van der Waals surface area contributed by atoms with Crippen molar-refractivity contribution in [1.29, 1.82) is 0 Å². The highest BCUT2D eigenvalue weighted by atomic mass is 16.3. The summed E-state index contributed by atoms with van der Waals surface area (Å²) in [4.78, 5) is 0. The molecule has 2 N–H and O–H groups in total. The second-order valence-electron chi connectivity index (χ2n) is 3.87. The Hall–Kier alpha value is -1.74. The van der Waals surface area contributed by atoms with Crippen LogP contribution >= 0.6 is 0 Å². The molecule has 1 rings (SSSR count). The molecule has 17 heavy (non-hydrogen) atoms. The Bertz CT molecular complexity index is 461. The van der Waals surface area contributed by atoms with Crippen LogP contribution in [-0.4, -0.2) is 22.4 Å². The van der Waals surface area contributed by atoms with E-state index in [2.05, 4.69) is 23.7 Å². The Morgan fingerprint density at radius 3 is 1.71 bits per heavy atom. The maximum atomic E-state index is 9.12. The summed E-state index contributed by atoms with van der Waals surface area (Å²) in [7, 11) is 0. The van der Waals surface area contributed by atoms with Crippen LogP contribution < -0.4 is 0 Å². The topological polar surface area (TPSA) is 40.5 Å². The lowest BCUT2D eigenvalue weighted by molar-refractivity contribution is 0.253. The lowest BCUT2D eigenvalue weighted by Crippen LogP contribution is -1.95. The molecule has 0 aliphatic heterocycles. The SMILES string of the molecule is Cc1c(C#CC(C)O)cccc1C#CC(C)O. The summed E-state index contributed by atoms with van der Waals surface area (Å²) in [5.74, 6) is 11.2. The van der Waals surface area contributed by atoms with Crippen LogP contribution in [0.15, 0.2) is 18.2 Å². The van der Waals surface area contributed by atoms with Gasteiger partial charge in [-0.2, -0.15) is 0 Å². The molecule has 0 spiro atoms. The van der Waals surface area contributed by atoms with E-state index in [0.29, 0.717) is 0 Å². The normalized spacial score (nSPS) is 12.8. The Balaban J connectivity index is 3.10. The van der Waals surface area contributed by atoms with E-state index in [4.69, 9.17) is 10.2 Å². The van der Waals surface area contributed by atoms with E-state index in [0.717, 1.165) is 16.7 Å². The van der Waals surface area contributed by atoms with Crippen molar-refractivity contribution < 1.29 is 10.2 Å². The molecule has 0 bridgehead atoms. The minimum atomic E-state index is -0.637. The third kappa shape index (κ3) is 4.33. The second kappa shape index (κ2) is 6.11. The third-order valence-corrected chi connectivity index (χ3v) is 2.17. The van der Waals surface area contributed by atoms with Crippen molar-refractivity contribution in [2.75, 3.05) is 0 Å². The quantitative estimate of drug-likeness (QED) is 0.660. The van der Waals surface area contributed by atoms with Crippen LogP contribution in [0, 0.1) is 30.6 Å². The van der Waals surface area contributed by atoms with Crippen molar-refractivity contribution in [1.82, 2.24) is 0 Å². The van der Waals surface area contributed by atoms with Crippen LogP contribution in [0.2, 0.25) is 0 Å². The smallest absolute Gasteiger partial charge is 0.112 e. The van der Waals surface area contributed by atoms with Gasteiger partial charge in [0.25, 0.3) is 0 Å². The van der Waals surface area contributed by atoms with Crippen molar-refractivity contribution in [2.45, 2.75) is 33.0 Å². The van der Waals surface area contributed by atoms with Gasteiger partial charge in [-0.1, -0.05) is 29.7 Å². The Morgan fingerprint density at radius 2 is 1.35 bits per heavy atom. The van der Waals surface area contributed by atoms with Gasteiger partial charge in [0.1, 0.15) is 12.2 Å². The van der Waals surface area contributed by atoms with E-state index >= 15 is 0 Å². The lowest BCUT2D eigenvalue weighted by atomic mass is 10.0. The molecule has 0 heterocycles. The molecule has 0 aliphatic rings. The molecule has 0 saturated heterocycles. The molecule has 0 radical (unpaired) electrons. The van der Waals surface area contributed by atoms with Gasteiger partial charge < -0.3 is 10.2 Å². The molecule has 1 aromatic carbocycles. The first-order valence-corrected chi connectivity index (χ1v) is 5.49. The molecule has 0 aromatic heterocycles. The fourth-order valence-corrected chi connectivity index (χ4v) is 1.27. The zero-order valence-electron chi connectivity index (χ0n) is 10.3. The van der Waals surface area contributed by atoms with Crippen LogP contribution in [0.5, 0.6) is 0 Å². The van der Waals surface area contributed by atoms with E-state index in [-0.39, 0.29) is 0 Å². The Labute approximate surface area is 102 Å². The first kappa shape index (κ1) is 13.3. The number of benzene rings is 1. The highest BCUT2D eigenvalue weighted by Crippen LogP contribution is 2.11. The lowest BCUT2D eigenvalue weighted by Gasteiger charge is -2.01. The molecule has 0 amide bonds. The molecule has 0 fully saturated rings. The van der Waals surface area contributed by atoms with Crippen LogP contribution in [0.3, 0.4) is 0 Å². The number of hydrogen-bond donors (Lipinski definition) is 2. The first-order valence-electron chi connectivity index (χ1n) is 5.49. The maximum Gasteiger partial charge on any atom is 0.112 e. The molecule has 2 nitrogen and oxygen atoms in total. The molecule has 2 atom stereocenters. The minimum Gasteiger partial charge on any atom is -0.381 e. The van der Waals surface area contributed by atoms with E-state index in [1.807, 2.05) is 25.1 Å². The van der Waals surface area contributed by atoms with E-state index in [9.17, 15) is 0 Å². The summed E-state index contributed by atoms with van der Waals surface area (Å²) in [5.41, 5.74) is 2.67. The summed E-state index contributed by atoms with van der Waals surface area (Å²) in [6.07, 6.45) is -1.27. The predicted octanol–water partition coefficient (Wildman–Crippen LogP) is 1.46. The van der Waals surface area contributed by atoms with Crippen molar-refractivity contribution >= 4 is 0 Å². The standard InChI is InChI=1S/C15H16O2/c1-11(16)7-9-14-5-4-6-15(13(14)3)10-8-12(2)17/h4-6,11-12,16-17H,1-3H3. The van der Waals surface area contributed by atoms with Crippen molar-refractivity contribution in [2.24, 2.45) is 0 Å². The van der Waals surface area contributed by atoms with Crippen molar-refractivity contribution in [3.05, 3.63) is 34.9 Å². The Kier molecular flexibility index (Phi) is 4.79. The molecule has 0 saturated carbocycles. The van der Waals surface area contributed by atoms with Crippen LogP contribution in [0.1, 0.15) is 30.5 Å². The summed E-state index contributed by atoms with van der Waals surface area (Å²) < 4.78 is 0. The number of hydrogen-bond acceptors (Lipinski definition) is 2. The average molecular weight is 228 g/mol. The fraction of sp³-hybridized carbons (Fsp3) is 0.333. The zero-order valence-corrected chi connectivity index (χ0v) is 10.3. The predicted molar refractivity (Wildman–Crippen MR) is 68.3 cm³/mol. The van der Waals surface area contributed by atoms with Gasteiger partial charge in [0.15, 0.2) is 0 Å². The maximum absolute atomic E-state index is 9.12. The van der Waals surface area contributed by atoms with Gasteiger partial charge >= 0.3 is 0 Å². The molecule has 2 unspecified atom stereocenters. The van der Waals surface area contributed by atoms with E-state index in [1.54, 1.807) is 13.8 Å². The molecule has 88 valence electrons. The first-order chi connectivity index (χ1) is 8.00. The second-order valence-corrected chi connectivity index (χ2v) is 3.87. The fourth-order valence-electron chi connectivity index (χ4n) is 1.27. The average Bonchev–Trinajstić information content (AvgIpc) is 2.25. The van der Waals surface area contributed by atoms with Gasteiger partial charge in [-0.25, -0.2) is 0 Å². The van der Waals surface area contributed by atoms with Gasteiger partial charge in [0.2, 0.25) is 0 Å². The molecular weight excluding hydrogens is 212 g/mol. The zero-order chi connectivity index (χ0) is 12.8.